The van der Waals surface area contributed by atoms with Gasteiger partial charge in [-0.3, -0.25) is 4.79 Å². The zero-order valence-electron chi connectivity index (χ0n) is 9.91. The molecule has 0 aromatic carbocycles. The minimum absolute atomic E-state index is 0.239. The Bertz CT molecular complexity index is 217. The Morgan fingerprint density at radius 2 is 2.38 bits per heavy atom. The summed E-state index contributed by atoms with van der Waals surface area (Å²) in [6, 6.07) is 0.839. The fourth-order valence-electron chi connectivity index (χ4n) is 2.05. The second-order valence-electron chi connectivity index (χ2n) is 4.61. The van der Waals surface area contributed by atoms with Crippen molar-refractivity contribution in [1.29, 1.82) is 0 Å². The van der Waals surface area contributed by atoms with Crippen molar-refractivity contribution < 1.29 is 9.90 Å². The minimum Gasteiger partial charge on any atom is -0.382 e. The van der Waals surface area contributed by atoms with Crippen molar-refractivity contribution in [3.05, 3.63) is 0 Å². The molecule has 5 heteroatoms. The highest BCUT2D eigenvalue weighted by molar-refractivity contribution is 5.78. The van der Waals surface area contributed by atoms with Gasteiger partial charge in [0.15, 0.2) is 0 Å². The average molecular weight is 229 g/mol. The lowest BCUT2D eigenvalue weighted by molar-refractivity contribution is -0.125. The highest BCUT2D eigenvalue weighted by Crippen LogP contribution is 2.11. The van der Waals surface area contributed by atoms with Gasteiger partial charge < -0.3 is 21.5 Å². The molecule has 0 bridgehead atoms. The largest absolute Gasteiger partial charge is 0.382 e. The Morgan fingerprint density at radius 1 is 1.62 bits per heavy atom. The summed E-state index contributed by atoms with van der Waals surface area (Å²) >= 11 is 0. The maximum absolute atomic E-state index is 10.6. The number of hydrogen-bond donors (Lipinski definition) is 4. The van der Waals surface area contributed by atoms with Crippen LogP contribution in [0, 0.1) is 0 Å². The van der Waals surface area contributed by atoms with E-state index in [9.17, 15) is 9.90 Å². The number of nitrogens with one attached hydrogen (secondary N) is 2. The van der Waals surface area contributed by atoms with E-state index >= 15 is 0 Å². The van der Waals surface area contributed by atoms with Crippen LogP contribution >= 0.6 is 0 Å². The van der Waals surface area contributed by atoms with Crippen molar-refractivity contribution >= 4 is 5.91 Å². The molecule has 0 radical (unpaired) electrons. The molecule has 16 heavy (non-hydrogen) atoms. The van der Waals surface area contributed by atoms with E-state index < -0.39 is 12.0 Å². The van der Waals surface area contributed by atoms with Crippen molar-refractivity contribution in [3.63, 3.8) is 0 Å². The lowest BCUT2D eigenvalue weighted by atomic mass is 9.99. The second kappa shape index (κ2) is 6.83. The molecule has 1 fully saturated rings. The molecule has 0 spiro atoms. The molecule has 94 valence electrons. The second-order valence-corrected chi connectivity index (χ2v) is 4.61. The molecule has 0 aliphatic carbocycles. The third kappa shape index (κ3) is 4.92. The summed E-state index contributed by atoms with van der Waals surface area (Å²) in [4.78, 5) is 10.6. The maximum Gasteiger partial charge on any atom is 0.247 e. The summed E-state index contributed by atoms with van der Waals surface area (Å²) in [6.07, 6.45) is 3.70. The molecule has 0 aromatic rings. The Balaban J connectivity index is 2.14. The van der Waals surface area contributed by atoms with Crippen LogP contribution in [0.4, 0.5) is 0 Å². The Labute approximate surface area is 96.8 Å². The van der Waals surface area contributed by atoms with Gasteiger partial charge in [-0.1, -0.05) is 6.42 Å². The van der Waals surface area contributed by atoms with Crippen LogP contribution in [0.2, 0.25) is 0 Å². The van der Waals surface area contributed by atoms with E-state index in [4.69, 9.17) is 5.73 Å². The molecule has 3 unspecified atom stereocenters. The summed E-state index contributed by atoms with van der Waals surface area (Å²) in [5.41, 5.74) is 4.97. The molecule has 1 amide bonds. The molecule has 0 aromatic heterocycles. The van der Waals surface area contributed by atoms with Gasteiger partial charge >= 0.3 is 0 Å². The number of amides is 1. The number of rotatable bonds is 6. The van der Waals surface area contributed by atoms with Crippen molar-refractivity contribution in [3.8, 4) is 0 Å². The summed E-state index contributed by atoms with van der Waals surface area (Å²) in [6.45, 7) is 3.40. The molecule has 0 saturated carbocycles. The first kappa shape index (κ1) is 13.4. The van der Waals surface area contributed by atoms with Gasteiger partial charge in [-0.15, -0.1) is 0 Å². The number of nitrogens with two attached hydrogens (primary N) is 1. The minimum atomic E-state index is -1.08. The van der Waals surface area contributed by atoms with E-state index in [0.717, 1.165) is 13.0 Å². The number of primary amides is 1. The monoisotopic (exact) mass is 229 g/mol. The van der Waals surface area contributed by atoms with Crippen molar-refractivity contribution in [2.75, 3.05) is 13.1 Å². The van der Waals surface area contributed by atoms with E-state index in [2.05, 4.69) is 17.6 Å². The van der Waals surface area contributed by atoms with E-state index in [1.165, 1.54) is 19.3 Å². The van der Waals surface area contributed by atoms with E-state index in [1.807, 2.05) is 0 Å². The molecule has 1 saturated heterocycles. The number of aliphatic hydroxyl groups is 1. The third-order valence-corrected chi connectivity index (χ3v) is 3.04. The van der Waals surface area contributed by atoms with Crippen molar-refractivity contribution in [2.45, 2.75) is 50.8 Å². The van der Waals surface area contributed by atoms with E-state index in [-0.39, 0.29) is 12.6 Å². The van der Waals surface area contributed by atoms with Crippen LogP contribution in [0.15, 0.2) is 0 Å². The summed E-state index contributed by atoms with van der Waals surface area (Å²) < 4.78 is 0. The Hall–Kier alpha value is -0.650. The molecule has 1 heterocycles. The molecule has 5 N–H and O–H groups in total. The first-order valence-electron chi connectivity index (χ1n) is 6.03. The van der Waals surface area contributed by atoms with Gasteiger partial charge in [-0.05, 0) is 32.7 Å². The van der Waals surface area contributed by atoms with Gasteiger partial charge in [0.1, 0.15) is 6.10 Å². The molecular formula is C11H23N3O2. The van der Waals surface area contributed by atoms with Crippen LogP contribution in [0.1, 0.15) is 32.6 Å². The highest BCUT2D eigenvalue weighted by Gasteiger charge is 2.17. The summed E-state index contributed by atoms with van der Waals surface area (Å²) in [5, 5.41) is 15.8. The standard InChI is InChI=1S/C11H23N3O2/c1-8(14-7-10(15)11(12)16)6-9-4-2-3-5-13-9/h8-10,13-15H,2-7H2,1H3,(H2,12,16). The fraction of sp³-hybridized carbons (Fsp3) is 0.909. The quantitative estimate of drug-likeness (QED) is 0.487. The van der Waals surface area contributed by atoms with Gasteiger partial charge in [-0.2, -0.15) is 0 Å². The first-order chi connectivity index (χ1) is 7.59. The van der Waals surface area contributed by atoms with Gasteiger partial charge in [0.05, 0.1) is 0 Å². The van der Waals surface area contributed by atoms with Crippen LogP contribution in [0.25, 0.3) is 0 Å². The number of carbonyl (C=O) groups is 1. The fourth-order valence-corrected chi connectivity index (χ4v) is 2.05. The van der Waals surface area contributed by atoms with E-state index in [1.54, 1.807) is 0 Å². The SMILES string of the molecule is CC(CC1CCCCN1)NCC(O)C(N)=O. The zero-order chi connectivity index (χ0) is 12.0. The van der Waals surface area contributed by atoms with Crippen LogP contribution in [-0.4, -0.2) is 42.3 Å². The van der Waals surface area contributed by atoms with Gasteiger partial charge in [0.2, 0.25) is 5.91 Å². The van der Waals surface area contributed by atoms with Crippen LogP contribution < -0.4 is 16.4 Å². The summed E-state index contributed by atoms with van der Waals surface area (Å²) in [5.74, 6) is -0.671. The molecule has 5 nitrogen and oxygen atoms in total. The predicted molar refractivity (Wildman–Crippen MR) is 62.9 cm³/mol. The smallest absolute Gasteiger partial charge is 0.247 e. The number of aliphatic hydroxyl groups excluding tert-OH is 1. The van der Waals surface area contributed by atoms with Crippen LogP contribution in [-0.2, 0) is 4.79 Å². The maximum atomic E-state index is 10.6. The normalized spacial score (nSPS) is 25.0. The van der Waals surface area contributed by atoms with Crippen molar-refractivity contribution in [1.82, 2.24) is 10.6 Å². The van der Waals surface area contributed by atoms with Crippen LogP contribution in [0.5, 0.6) is 0 Å². The average Bonchev–Trinajstić information content (AvgIpc) is 2.27. The Kier molecular flexibility index (Phi) is 5.73. The molecule has 3 atom stereocenters. The molecule has 1 rings (SSSR count). The van der Waals surface area contributed by atoms with Gasteiger partial charge in [0.25, 0.3) is 0 Å². The third-order valence-electron chi connectivity index (χ3n) is 3.04. The lowest BCUT2D eigenvalue weighted by Crippen LogP contribution is -2.44. The van der Waals surface area contributed by atoms with Gasteiger partial charge in [-0.25, -0.2) is 0 Å². The number of hydrogen-bond acceptors (Lipinski definition) is 4. The molecule has 1 aliphatic heterocycles. The molecular weight excluding hydrogens is 206 g/mol. The number of carbonyl (C=O) groups excluding carboxylic acids is 1. The Morgan fingerprint density at radius 3 is 2.94 bits per heavy atom. The predicted octanol–water partition coefficient (Wildman–Crippen LogP) is -0.657. The summed E-state index contributed by atoms with van der Waals surface area (Å²) in [7, 11) is 0. The van der Waals surface area contributed by atoms with Crippen LogP contribution in [0.3, 0.4) is 0 Å². The topological polar surface area (TPSA) is 87.4 Å². The highest BCUT2D eigenvalue weighted by atomic mass is 16.3. The number of piperidine rings is 1. The zero-order valence-corrected chi connectivity index (χ0v) is 9.91. The lowest BCUT2D eigenvalue weighted by Gasteiger charge is -2.26. The van der Waals surface area contributed by atoms with Gasteiger partial charge in [0, 0.05) is 18.6 Å². The van der Waals surface area contributed by atoms with E-state index in [0.29, 0.717) is 6.04 Å². The molecule has 1 aliphatic rings. The first-order valence-corrected chi connectivity index (χ1v) is 6.03. The van der Waals surface area contributed by atoms with Crippen molar-refractivity contribution in [2.24, 2.45) is 5.73 Å².